The summed E-state index contributed by atoms with van der Waals surface area (Å²) in [6, 6.07) is 12.1. The molecule has 1 saturated heterocycles. The van der Waals surface area contributed by atoms with E-state index in [1.54, 1.807) is 36.3 Å². The first-order chi connectivity index (χ1) is 17.1. The normalized spacial score (nSPS) is 18.2. The van der Waals surface area contributed by atoms with Crippen LogP contribution >= 0.6 is 0 Å². The lowest BCUT2D eigenvalue weighted by atomic mass is 9.98. The first-order valence-corrected chi connectivity index (χ1v) is 12.1. The number of hydrogen-bond donors (Lipinski definition) is 0. The van der Waals surface area contributed by atoms with Crippen LogP contribution in [0, 0.1) is 0 Å². The van der Waals surface area contributed by atoms with Crippen molar-refractivity contribution in [2.75, 3.05) is 53.1 Å². The zero-order valence-corrected chi connectivity index (χ0v) is 20.1. The van der Waals surface area contributed by atoms with Gasteiger partial charge in [0.2, 0.25) is 5.76 Å². The van der Waals surface area contributed by atoms with Crippen molar-refractivity contribution < 1.29 is 23.4 Å². The highest BCUT2D eigenvalue weighted by Gasteiger charge is 2.42. The van der Waals surface area contributed by atoms with E-state index in [4.69, 9.17) is 18.6 Å². The molecule has 0 aliphatic carbocycles. The van der Waals surface area contributed by atoms with E-state index in [0.717, 1.165) is 44.8 Å². The number of methoxy groups -OCH3 is 1. The first-order valence-electron chi connectivity index (χ1n) is 12.1. The molecule has 35 heavy (non-hydrogen) atoms. The van der Waals surface area contributed by atoms with Gasteiger partial charge in [0.1, 0.15) is 5.58 Å². The number of rotatable bonds is 8. The van der Waals surface area contributed by atoms with Gasteiger partial charge in [-0.05, 0) is 43.2 Å². The van der Waals surface area contributed by atoms with Gasteiger partial charge in [-0.25, -0.2) is 0 Å². The molecule has 0 saturated carbocycles. The Morgan fingerprint density at radius 3 is 2.60 bits per heavy atom. The number of para-hydroxylation sites is 1. The summed E-state index contributed by atoms with van der Waals surface area (Å²) in [5.74, 6) is 1.04. The molecule has 5 rings (SSSR count). The molecule has 184 valence electrons. The van der Waals surface area contributed by atoms with Crippen molar-refractivity contribution >= 4 is 16.9 Å². The zero-order chi connectivity index (χ0) is 24.4. The summed E-state index contributed by atoms with van der Waals surface area (Å²) in [4.78, 5) is 31.3. The summed E-state index contributed by atoms with van der Waals surface area (Å²) in [5, 5.41) is 0.470. The SMILES string of the molecule is CCOc1ccc(C2c3c(oc4ccccc4c3=O)C(=O)N2CCCN2CCOCC2)cc1OC. The minimum atomic E-state index is -0.562. The number of carbonyl (C=O) groups is 1. The van der Waals surface area contributed by atoms with Crippen molar-refractivity contribution in [2.45, 2.75) is 19.4 Å². The smallest absolute Gasteiger partial charge is 0.290 e. The maximum Gasteiger partial charge on any atom is 0.290 e. The maximum absolute atomic E-state index is 13.6. The van der Waals surface area contributed by atoms with E-state index < -0.39 is 6.04 Å². The molecule has 0 spiro atoms. The summed E-state index contributed by atoms with van der Waals surface area (Å²) in [5.41, 5.74) is 1.41. The molecule has 3 heterocycles. The molecule has 8 nitrogen and oxygen atoms in total. The number of fused-ring (bicyclic) bond motifs is 2. The van der Waals surface area contributed by atoms with Gasteiger partial charge in [-0.1, -0.05) is 18.2 Å². The van der Waals surface area contributed by atoms with Crippen LogP contribution in [0.4, 0.5) is 0 Å². The lowest BCUT2D eigenvalue weighted by molar-refractivity contribution is 0.0353. The Bertz CT molecular complexity index is 1280. The molecular weight excluding hydrogens is 448 g/mol. The molecule has 1 fully saturated rings. The van der Waals surface area contributed by atoms with Gasteiger partial charge in [0.25, 0.3) is 5.91 Å². The second kappa shape index (κ2) is 10.1. The summed E-state index contributed by atoms with van der Waals surface area (Å²) >= 11 is 0. The zero-order valence-electron chi connectivity index (χ0n) is 20.1. The highest BCUT2D eigenvalue weighted by Crippen LogP contribution is 2.41. The summed E-state index contributed by atoms with van der Waals surface area (Å²) < 4.78 is 22.7. The molecule has 1 amide bonds. The Morgan fingerprint density at radius 2 is 1.83 bits per heavy atom. The Labute approximate surface area is 204 Å². The number of carbonyl (C=O) groups excluding carboxylic acids is 1. The summed E-state index contributed by atoms with van der Waals surface area (Å²) in [7, 11) is 1.58. The molecule has 0 N–H and O–H groups in total. The van der Waals surface area contributed by atoms with E-state index in [1.807, 2.05) is 25.1 Å². The van der Waals surface area contributed by atoms with Crippen LogP contribution < -0.4 is 14.9 Å². The Hall–Kier alpha value is -3.36. The quantitative estimate of drug-likeness (QED) is 0.490. The van der Waals surface area contributed by atoms with Crippen LogP contribution in [0.15, 0.2) is 51.7 Å². The van der Waals surface area contributed by atoms with Crippen LogP contribution in [0.3, 0.4) is 0 Å². The van der Waals surface area contributed by atoms with Crippen molar-refractivity contribution in [1.82, 2.24) is 9.80 Å². The molecular formula is C27H30N2O6. The number of hydrogen-bond acceptors (Lipinski definition) is 7. The van der Waals surface area contributed by atoms with Gasteiger partial charge in [0, 0.05) is 26.2 Å². The van der Waals surface area contributed by atoms with Crippen LogP contribution in [-0.2, 0) is 4.74 Å². The molecule has 2 aromatic carbocycles. The molecule has 2 aliphatic heterocycles. The van der Waals surface area contributed by atoms with Gasteiger partial charge < -0.3 is 23.5 Å². The molecule has 3 aromatic rings. The van der Waals surface area contributed by atoms with Gasteiger partial charge in [0.05, 0.1) is 43.9 Å². The van der Waals surface area contributed by atoms with E-state index in [2.05, 4.69) is 4.90 Å². The van der Waals surface area contributed by atoms with Crippen LogP contribution in [0.5, 0.6) is 11.5 Å². The fourth-order valence-corrected chi connectivity index (χ4v) is 4.96. The van der Waals surface area contributed by atoms with E-state index in [9.17, 15) is 9.59 Å². The minimum absolute atomic E-state index is 0.123. The van der Waals surface area contributed by atoms with Crippen LogP contribution in [0.1, 0.15) is 41.1 Å². The number of morpholine rings is 1. The van der Waals surface area contributed by atoms with E-state index in [0.29, 0.717) is 41.2 Å². The largest absolute Gasteiger partial charge is 0.493 e. The summed E-state index contributed by atoms with van der Waals surface area (Å²) in [6.45, 7) is 7.00. The lowest BCUT2D eigenvalue weighted by Crippen LogP contribution is -2.38. The van der Waals surface area contributed by atoms with Gasteiger partial charge in [-0.3, -0.25) is 14.5 Å². The van der Waals surface area contributed by atoms with Crippen molar-refractivity contribution in [2.24, 2.45) is 0 Å². The third kappa shape index (κ3) is 4.39. The molecule has 1 aromatic heterocycles. The average molecular weight is 479 g/mol. The predicted octanol–water partition coefficient (Wildman–Crippen LogP) is 3.47. The first kappa shape index (κ1) is 23.4. The Morgan fingerprint density at radius 1 is 1.03 bits per heavy atom. The molecule has 1 atom stereocenters. The van der Waals surface area contributed by atoms with E-state index in [1.165, 1.54) is 0 Å². The van der Waals surface area contributed by atoms with Gasteiger partial charge >= 0.3 is 0 Å². The van der Waals surface area contributed by atoms with Crippen molar-refractivity contribution in [1.29, 1.82) is 0 Å². The Balaban J connectivity index is 1.54. The van der Waals surface area contributed by atoms with Gasteiger partial charge in [0.15, 0.2) is 16.9 Å². The van der Waals surface area contributed by atoms with Crippen molar-refractivity contribution in [3.8, 4) is 11.5 Å². The second-order valence-electron chi connectivity index (χ2n) is 8.72. The van der Waals surface area contributed by atoms with Gasteiger partial charge in [-0.15, -0.1) is 0 Å². The fraction of sp³-hybridized carbons (Fsp3) is 0.407. The number of amides is 1. The third-order valence-electron chi connectivity index (χ3n) is 6.65. The molecule has 2 aliphatic rings. The monoisotopic (exact) mass is 478 g/mol. The highest BCUT2D eigenvalue weighted by atomic mass is 16.5. The van der Waals surface area contributed by atoms with Crippen molar-refractivity contribution in [3.05, 3.63) is 69.6 Å². The number of benzene rings is 2. The van der Waals surface area contributed by atoms with E-state index in [-0.39, 0.29) is 17.1 Å². The molecule has 0 radical (unpaired) electrons. The van der Waals surface area contributed by atoms with Gasteiger partial charge in [-0.2, -0.15) is 0 Å². The number of ether oxygens (including phenoxy) is 3. The topological polar surface area (TPSA) is 81.5 Å². The summed E-state index contributed by atoms with van der Waals surface area (Å²) in [6.07, 6.45) is 0.776. The number of nitrogens with zero attached hydrogens (tertiary/aromatic N) is 2. The maximum atomic E-state index is 13.6. The van der Waals surface area contributed by atoms with Crippen LogP contribution in [0.25, 0.3) is 11.0 Å². The van der Waals surface area contributed by atoms with E-state index >= 15 is 0 Å². The average Bonchev–Trinajstić information content (AvgIpc) is 3.17. The molecule has 8 heteroatoms. The van der Waals surface area contributed by atoms with Crippen LogP contribution in [-0.4, -0.2) is 68.8 Å². The standard InChI is InChI=1S/C27H30N2O6/c1-3-34-21-10-9-18(17-22(21)32-2)24-23-25(30)19-7-4-5-8-20(19)35-26(23)27(31)29(24)12-6-11-28-13-15-33-16-14-28/h4-5,7-10,17,24H,3,6,11-16H2,1-2H3. The lowest BCUT2D eigenvalue weighted by Gasteiger charge is -2.29. The highest BCUT2D eigenvalue weighted by molar-refractivity contribution is 5.99. The third-order valence-corrected chi connectivity index (χ3v) is 6.65. The predicted molar refractivity (Wildman–Crippen MR) is 131 cm³/mol. The van der Waals surface area contributed by atoms with Crippen molar-refractivity contribution in [3.63, 3.8) is 0 Å². The Kier molecular flexibility index (Phi) is 6.74. The second-order valence-corrected chi connectivity index (χ2v) is 8.72. The minimum Gasteiger partial charge on any atom is -0.493 e. The fourth-order valence-electron chi connectivity index (χ4n) is 4.96. The van der Waals surface area contributed by atoms with Crippen LogP contribution in [0.2, 0.25) is 0 Å². The molecule has 1 unspecified atom stereocenters. The molecule has 0 bridgehead atoms.